The van der Waals surface area contributed by atoms with Crippen LogP contribution in [0, 0.1) is 10.1 Å². The van der Waals surface area contributed by atoms with Crippen LogP contribution in [0.2, 0.25) is 5.02 Å². The van der Waals surface area contributed by atoms with E-state index in [1.807, 2.05) is 6.07 Å². The van der Waals surface area contributed by atoms with Gasteiger partial charge in [0.15, 0.2) is 0 Å². The lowest BCUT2D eigenvalue weighted by Crippen LogP contribution is -1.92. The Bertz CT molecular complexity index is 393. The number of benzene rings is 1. The number of hydrogen-bond acceptors (Lipinski definition) is 2. The summed E-state index contributed by atoms with van der Waals surface area (Å²) in [6.07, 6.45) is 8.26. The summed E-state index contributed by atoms with van der Waals surface area (Å²) in [6.45, 7) is 2.20. The van der Waals surface area contributed by atoms with Crippen molar-refractivity contribution in [2.45, 2.75) is 51.9 Å². The molecule has 0 radical (unpaired) electrons. The van der Waals surface area contributed by atoms with Gasteiger partial charge in [0.25, 0.3) is 5.69 Å². The summed E-state index contributed by atoms with van der Waals surface area (Å²) in [6, 6.07) is 5.09. The van der Waals surface area contributed by atoms with Gasteiger partial charge in [0.05, 0.1) is 4.92 Å². The van der Waals surface area contributed by atoms with Gasteiger partial charge in [0, 0.05) is 6.07 Å². The highest BCUT2D eigenvalue weighted by molar-refractivity contribution is 6.32. The van der Waals surface area contributed by atoms with Crippen LogP contribution in [0.1, 0.15) is 51.0 Å². The van der Waals surface area contributed by atoms with Crippen molar-refractivity contribution < 1.29 is 4.92 Å². The van der Waals surface area contributed by atoms with E-state index in [4.69, 9.17) is 11.6 Å². The molecule has 1 rings (SSSR count). The predicted molar refractivity (Wildman–Crippen MR) is 75.2 cm³/mol. The molecule has 18 heavy (non-hydrogen) atoms. The first-order chi connectivity index (χ1) is 8.65. The molecule has 0 N–H and O–H groups in total. The molecule has 0 unspecified atom stereocenters. The third kappa shape index (κ3) is 5.05. The zero-order valence-electron chi connectivity index (χ0n) is 10.8. The minimum Gasteiger partial charge on any atom is -0.258 e. The average Bonchev–Trinajstić information content (AvgIpc) is 2.35. The van der Waals surface area contributed by atoms with Crippen molar-refractivity contribution in [3.05, 3.63) is 38.9 Å². The Morgan fingerprint density at radius 3 is 2.50 bits per heavy atom. The van der Waals surface area contributed by atoms with Crippen LogP contribution in [0.15, 0.2) is 18.2 Å². The maximum Gasteiger partial charge on any atom is 0.288 e. The summed E-state index contributed by atoms with van der Waals surface area (Å²) in [5.41, 5.74) is 1.02. The van der Waals surface area contributed by atoms with Crippen molar-refractivity contribution in [2.75, 3.05) is 0 Å². The zero-order valence-corrected chi connectivity index (χ0v) is 11.6. The fourth-order valence-corrected chi connectivity index (χ4v) is 2.15. The molecule has 0 bridgehead atoms. The van der Waals surface area contributed by atoms with E-state index in [-0.39, 0.29) is 10.7 Å². The van der Waals surface area contributed by atoms with Crippen LogP contribution < -0.4 is 0 Å². The van der Waals surface area contributed by atoms with E-state index in [0.29, 0.717) is 0 Å². The van der Waals surface area contributed by atoms with Gasteiger partial charge in [0.1, 0.15) is 5.02 Å². The SMILES string of the molecule is CCCCCCCCc1ccc(Cl)c([N+](=O)[O-])c1. The molecule has 0 aromatic heterocycles. The Morgan fingerprint density at radius 1 is 1.17 bits per heavy atom. The Labute approximate surface area is 113 Å². The van der Waals surface area contributed by atoms with Gasteiger partial charge < -0.3 is 0 Å². The number of nitrogens with zero attached hydrogens (tertiary/aromatic N) is 1. The summed E-state index contributed by atoms with van der Waals surface area (Å²) in [7, 11) is 0. The molecule has 0 saturated heterocycles. The largest absolute Gasteiger partial charge is 0.288 e. The van der Waals surface area contributed by atoms with E-state index < -0.39 is 4.92 Å². The Kier molecular flexibility index (Phi) is 6.73. The minimum atomic E-state index is -0.424. The van der Waals surface area contributed by atoms with Crippen LogP contribution in [0.5, 0.6) is 0 Å². The highest BCUT2D eigenvalue weighted by Gasteiger charge is 2.12. The van der Waals surface area contributed by atoms with Gasteiger partial charge in [-0.05, 0) is 24.5 Å². The topological polar surface area (TPSA) is 43.1 Å². The average molecular weight is 270 g/mol. The first-order valence-electron chi connectivity index (χ1n) is 6.58. The fourth-order valence-electron chi connectivity index (χ4n) is 1.96. The summed E-state index contributed by atoms with van der Waals surface area (Å²) in [5, 5.41) is 11.0. The van der Waals surface area contributed by atoms with E-state index in [9.17, 15) is 10.1 Å². The molecule has 1 aromatic carbocycles. The number of aryl methyl sites for hydroxylation is 1. The lowest BCUT2D eigenvalue weighted by atomic mass is 10.0. The molecule has 0 aliphatic heterocycles. The van der Waals surface area contributed by atoms with Crippen LogP contribution >= 0.6 is 11.6 Å². The van der Waals surface area contributed by atoms with E-state index in [0.717, 1.165) is 18.4 Å². The maximum absolute atomic E-state index is 10.7. The second kappa shape index (κ2) is 8.09. The van der Waals surface area contributed by atoms with E-state index >= 15 is 0 Å². The van der Waals surface area contributed by atoms with Gasteiger partial charge in [-0.15, -0.1) is 0 Å². The third-order valence-corrected chi connectivity index (χ3v) is 3.35. The van der Waals surface area contributed by atoms with Gasteiger partial charge in [-0.1, -0.05) is 56.7 Å². The molecule has 0 aliphatic carbocycles. The van der Waals surface area contributed by atoms with Crippen molar-refractivity contribution in [1.82, 2.24) is 0 Å². The van der Waals surface area contributed by atoms with Crippen molar-refractivity contribution >= 4 is 17.3 Å². The molecule has 0 saturated carbocycles. The fraction of sp³-hybridized carbons (Fsp3) is 0.571. The van der Waals surface area contributed by atoms with Crippen molar-refractivity contribution in [1.29, 1.82) is 0 Å². The van der Waals surface area contributed by atoms with E-state index in [1.165, 1.54) is 32.1 Å². The lowest BCUT2D eigenvalue weighted by Gasteiger charge is -2.03. The Balaban J connectivity index is 2.38. The summed E-state index contributed by atoms with van der Waals surface area (Å²) >= 11 is 5.77. The summed E-state index contributed by atoms with van der Waals surface area (Å²) < 4.78 is 0. The molecule has 4 heteroatoms. The molecular formula is C14H20ClNO2. The molecule has 0 aliphatic rings. The van der Waals surface area contributed by atoms with Gasteiger partial charge >= 0.3 is 0 Å². The molecule has 0 fully saturated rings. The number of rotatable bonds is 8. The van der Waals surface area contributed by atoms with Gasteiger partial charge in [0.2, 0.25) is 0 Å². The van der Waals surface area contributed by atoms with Crippen LogP contribution in [-0.2, 0) is 6.42 Å². The van der Waals surface area contributed by atoms with Gasteiger partial charge in [-0.3, -0.25) is 10.1 Å². The Hall–Kier alpha value is -1.09. The van der Waals surface area contributed by atoms with Crippen molar-refractivity contribution in [2.24, 2.45) is 0 Å². The van der Waals surface area contributed by atoms with Crippen LogP contribution in [0.3, 0.4) is 0 Å². The Morgan fingerprint density at radius 2 is 1.83 bits per heavy atom. The van der Waals surface area contributed by atoms with Crippen molar-refractivity contribution in [3.8, 4) is 0 Å². The second-order valence-corrected chi connectivity index (χ2v) is 4.97. The number of halogens is 1. The number of unbranched alkanes of at least 4 members (excludes halogenated alkanes) is 5. The van der Waals surface area contributed by atoms with E-state index in [1.54, 1.807) is 12.1 Å². The number of nitro groups is 1. The highest BCUT2D eigenvalue weighted by Crippen LogP contribution is 2.25. The molecule has 3 nitrogen and oxygen atoms in total. The lowest BCUT2D eigenvalue weighted by molar-refractivity contribution is -0.384. The maximum atomic E-state index is 10.7. The predicted octanol–water partition coefficient (Wildman–Crippen LogP) is 5.15. The standard InChI is InChI=1S/C14H20ClNO2/c1-2-3-4-5-6-7-8-12-9-10-13(15)14(11-12)16(17)18/h9-11H,2-8H2,1H3. The number of hydrogen-bond donors (Lipinski definition) is 0. The van der Waals surface area contributed by atoms with Crippen LogP contribution in [0.25, 0.3) is 0 Å². The third-order valence-electron chi connectivity index (χ3n) is 3.03. The molecule has 1 aromatic rings. The number of nitro benzene ring substituents is 1. The molecule has 0 spiro atoms. The molecule has 0 heterocycles. The van der Waals surface area contributed by atoms with E-state index in [2.05, 4.69) is 6.92 Å². The summed E-state index contributed by atoms with van der Waals surface area (Å²) in [5.74, 6) is 0. The molecule has 0 amide bonds. The molecule has 0 atom stereocenters. The monoisotopic (exact) mass is 269 g/mol. The normalized spacial score (nSPS) is 10.6. The molecule has 100 valence electrons. The first kappa shape index (κ1) is 15.0. The van der Waals surface area contributed by atoms with Crippen LogP contribution in [0.4, 0.5) is 5.69 Å². The summed E-state index contributed by atoms with van der Waals surface area (Å²) in [4.78, 5) is 10.3. The zero-order chi connectivity index (χ0) is 13.4. The van der Waals surface area contributed by atoms with Gasteiger partial charge in [-0.2, -0.15) is 0 Å². The minimum absolute atomic E-state index is 0.0140. The van der Waals surface area contributed by atoms with Crippen molar-refractivity contribution in [3.63, 3.8) is 0 Å². The molecular weight excluding hydrogens is 250 g/mol. The quantitative estimate of drug-likeness (QED) is 0.372. The first-order valence-corrected chi connectivity index (χ1v) is 6.95. The van der Waals surface area contributed by atoms with Gasteiger partial charge in [-0.25, -0.2) is 0 Å². The second-order valence-electron chi connectivity index (χ2n) is 4.56. The van der Waals surface area contributed by atoms with Crippen LogP contribution in [-0.4, -0.2) is 4.92 Å². The smallest absolute Gasteiger partial charge is 0.258 e. The highest BCUT2D eigenvalue weighted by atomic mass is 35.5.